The number of esters is 1. The zero-order valence-corrected chi connectivity index (χ0v) is 8.74. The van der Waals surface area contributed by atoms with Gasteiger partial charge < -0.3 is 9.84 Å². The standard InChI is InChI=1S/C10H10O4S/c11-9(12)7-1-3-8(4-2-7)10(13)14-5-6-15/h1-4,15H,5-6H2,(H,11,12). The second-order valence-corrected chi connectivity index (χ2v) is 3.19. The molecule has 0 saturated carbocycles. The van der Waals surface area contributed by atoms with E-state index >= 15 is 0 Å². The van der Waals surface area contributed by atoms with Crippen molar-refractivity contribution in [2.45, 2.75) is 0 Å². The van der Waals surface area contributed by atoms with Gasteiger partial charge in [0.1, 0.15) is 6.61 Å². The maximum absolute atomic E-state index is 11.3. The van der Waals surface area contributed by atoms with Crippen LogP contribution in [0.1, 0.15) is 20.7 Å². The Morgan fingerprint density at radius 1 is 1.20 bits per heavy atom. The Morgan fingerprint density at radius 3 is 2.20 bits per heavy atom. The summed E-state index contributed by atoms with van der Waals surface area (Å²) in [5.41, 5.74) is 0.475. The topological polar surface area (TPSA) is 63.6 Å². The van der Waals surface area contributed by atoms with Crippen LogP contribution in [0, 0.1) is 0 Å². The summed E-state index contributed by atoms with van der Waals surface area (Å²) in [4.78, 5) is 21.8. The highest BCUT2D eigenvalue weighted by Crippen LogP contribution is 2.06. The van der Waals surface area contributed by atoms with Gasteiger partial charge in [0.05, 0.1) is 11.1 Å². The van der Waals surface area contributed by atoms with Crippen LogP contribution in [0.4, 0.5) is 0 Å². The third-order valence-electron chi connectivity index (χ3n) is 1.69. The predicted octanol–water partition coefficient (Wildman–Crippen LogP) is 1.47. The maximum atomic E-state index is 11.3. The first-order valence-corrected chi connectivity index (χ1v) is 4.89. The van der Waals surface area contributed by atoms with E-state index < -0.39 is 11.9 Å². The minimum absolute atomic E-state index is 0.140. The van der Waals surface area contributed by atoms with Gasteiger partial charge in [0.2, 0.25) is 0 Å². The van der Waals surface area contributed by atoms with E-state index in [9.17, 15) is 9.59 Å². The van der Waals surface area contributed by atoms with Crippen LogP contribution in [0.5, 0.6) is 0 Å². The molecule has 0 atom stereocenters. The van der Waals surface area contributed by atoms with Crippen molar-refractivity contribution in [1.29, 1.82) is 0 Å². The third-order valence-corrected chi connectivity index (χ3v) is 1.87. The van der Waals surface area contributed by atoms with E-state index in [1.54, 1.807) is 0 Å². The number of benzene rings is 1. The molecule has 1 aromatic carbocycles. The molecule has 0 amide bonds. The first-order valence-electron chi connectivity index (χ1n) is 4.26. The Hall–Kier alpha value is -1.49. The fraction of sp³-hybridized carbons (Fsp3) is 0.200. The van der Waals surface area contributed by atoms with E-state index in [0.717, 1.165) is 0 Å². The number of thiol groups is 1. The van der Waals surface area contributed by atoms with Gasteiger partial charge in [0.25, 0.3) is 0 Å². The van der Waals surface area contributed by atoms with E-state index in [4.69, 9.17) is 9.84 Å². The number of carboxylic acids is 1. The molecular weight excluding hydrogens is 216 g/mol. The van der Waals surface area contributed by atoms with Gasteiger partial charge in [0.15, 0.2) is 0 Å². The highest BCUT2D eigenvalue weighted by Gasteiger charge is 2.08. The molecule has 1 N–H and O–H groups in total. The van der Waals surface area contributed by atoms with Gasteiger partial charge >= 0.3 is 11.9 Å². The Bertz CT molecular complexity index is 358. The molecule has 1 aromatic rings. The van der Waals surface area contributed by atoms with E-state index in [1.165, 1.54) is 24.3 Å². The number of carbonyl (C=O) groups is 2. The van der Waals surface area contributed by atoms with Crippen molar-refractivity contribution >= 4 is 24.6 Å². The molecule has 0 spiro atoms. The lowest BCUT2D eigenvalue weighted by Gasteiger charge is -2.02. The molecule has 0 fully saturated rings. The smallest absolute Gasteiger partial charge is 0.338 e. The fourth-order valence-electron chi connectivity index (χ4n) is 0.971. The largest absolute Gasteiger partial charge is 0.478 e. The van der Waals surface area contributed by atoms with E-state index in [0.29, 0.717) is 11.3 Å². The van der Waals surface area contributed by atoms with Crippen LogP contribution >= 0.6 is 12.6 Å². The Kier molecular flexibility index (Phi) is 4.17. The molecule has 0 radical (unpaired) electrons. The van der Waals surface area contributed by atoms with Gasteiger partial charge in [-0.1, -0.05) is 0 Å². The number of aromatic carboxylic acids is 1. The zero-order valence-electron chi connectivity index (χ0n) is 7.84. The van der Waals surface area contributed by atoms with E-state index in [2.05, 4.69) is 12.6 Å². The molecule has 0 heterocycles. The molecule has 0 aliphatic rings. The van der Waals surface area contributed by atoms with Gasteiger partial charge in [-0.2, -0.15) is 12.6 Å². The summed E-state index contributed by atoms with van der Waals surface area (Å²) in [7, 11) is 0. The summed E-state index contributed by atoms with van der Waals surface area (Å²) < 4.78 is 4.81. The average Bonchev–Trinajstić information content (AvgIpc) is 2.26. The number of ether oxygens (including phenoxy) is 1. The molecule has 0 aliphatic heterocycles. The molecule has 80 valence electrons. The summed E-state index contributed by atoms with van der Waals surface area (Å²) in [5, 5.41) is 8.63. The monoisotopic (exact) mass is 226 g/mol. The van der Waals surface area contributed by atoms with Crippen LogP contribution in [0.15, 0.2) is 24.3 Å². The van der Waals surface area contributed by atoms with Crippen LogP contribution in [-0.2, 0) is 4.74 Å². The first kappa shape index (κ1) is 11.6. The van der Waals surface area contributed by atoms with Crippen LogP contribution in [0.3, 0.4) is 0 Å². The number of rotatable bonds is 4. The fourth-order valence-corrected chi connectivity index (χ4v) is 1.06. The molecule has 1 rings (SSSR count). The van der Waals surface area contributed by atoms with Crippen molar-refractivity contribution in [2.75, 3.05) is 12.4 Å². The summed E-state index contributed by atoms with van der Waals surface area (Å²) >= 11 is 3.90. The molecule has 0 bridgehead atoms. The number of hydrogen-bond donors (Lipinski definition) is 2. The van der Waals surface area contributed by atoms with Crippen LogP contribution in [0.2, 0.25) is 0 Å². The highest BCUT2D eigenvalue weighted by molar-refractivity contribution is 7.80. The molecule has 5 heteroatoms. The van der Waals surface area contributed by atoms with Gasteiger partial charge in [-0.25, -0.2) is 9.59 Å². The summed E-state index contributed by atoms with van der Waals surface area (Å²) in [6, 6.07) is 5.56. The van der Waals surface area contributed by atoms with Crippen molar-refractivity contribution in [2.24, 2.45) is 0 Å². The molecular formula is C10H10O4S. The molecule has 4 nitrogen and oxygen atoms in total. The van der Waals surface area contributed by atoms with Crippen molar-refractivity contribution in [3.8, 4) is 0 Å². The van der Waals surface area contributed by atoms with Crippen LogP contribution in [-0.4, -0.2) is 29.4 Å². The minimum atomic E-state index is -1.02. The molecule has 0 unspecified atom stereocenters. The third kappa shape index (κ3) is 3.28. The second-order valence-electron chi connectivity index (χ2n) is 2.74. The predicted molar refractivity (Wildman–Crippen MR) is 57.5 cm³/mol. The van der Waals surface area contributed by atoms with Crippen LogP contribution in [0.25, 0.3) is 0 Å². The lowest BCUT2D eigenvalue weighted by atomic mass is 10.1. The van der Waals surface area contributed by atoms with E-state index in [-0.39, 0.29) is 12.2 Å². The van der Waals surface area contributed by atoms with Crippen LogP contribution < -0.4 is 0 Å². The number of hydrogen-bond acceptors (Lipinski definition) is 4. The molecule has 0 aliphatic carbocycles. The van der Waals surface area contributed by atoms with Crippen molar-refractivity contribution in [1.82, 2.24) is 0 Å². The summed E-state index contributed by atoms with van der Waals surface area (Å²) in [6.07, 6.45) is 0. The van der Waals surface area contributed by atoms with Crippen molar-refractivity contribution in [3.63, 3.8) is 0 Å². The molecule has 0 saturated heterocycles. The number of carboxylic acid groups (broad SMARTS) is 1. The Labute approximate surface area is 92.3 Å². The summed E-state index contributed by atoms with van der Waals surface area (Å²) in [5.74, 6) is -1.04. The average molecular weight is 226 g/mol. The van der Waals surface area contributed by atoms with Gasteiger partial charge in [-0.3, -0.25) is 0 Å². The zero-order chi connectivity index (χ0) is 11.3. The Balaban J connectivity index is 2.71. The normalized spacial score (nSPS) is 9.67. The minimum Gasteiger partial charge on any atom is -0.478 e. The second kappa shape index (κ2) is 5.41. The highest BCUT2D eigenvalue weighted by atomic mass is 32.1. The first-order chi connectivity index (χ1) is 7.15. The van der Waals surface area contributed by atoms with Gasteiger partial charge in [-0.15, -0.1) is 0 Å². The maximum Gasteiger partial charge on any atom is 0.338 e. The SMILES string of the molecule is O=C(O)c1ccc(C(=O)OCCS)cc1. The molecule has 15 heavy (non-hydrogen) atoms. The molecule has 0 aromatic heterocycles. The Morgan fingerprint density at radius 2 is 1.73 bits per heavy atom. The lowest BCUT2D eigenvalue weighted by Crippen LogP contribution is -2.07. The lowest BCUT2D eigenvalue weighted by molar-refractivity contribution is 0.0529. The number of carbonyl (C=O) groups excluding carboxylic acids is 1. The quantitative estimate of drug-likeness (QED) is 0.603. The van der Waals surface area contributed by atoms with Crippen molar-refractivity contribution in [3.05, 3.63) is 35.4 Å². The van der Waals surface area contributed by atoms with Gasteiger partial charge in [-0.05, 0) is 24.3 Å². The summed E-state index contributed by atoms with van der Waals surface area (Å²) in [6.45, 7) is 0.239. The van der Waals surface area contributed by atoms with Crippen molar-refractivity contribution < 1.29 is 19.4 Å². The van der Waals surface area contributed by atoms with Gasteiger partial charge in [0, 0.05) is 5.75 Å². The van der Waals surface area contributed by atoms with E-state index in [1.807, 2.05) is 0 Å².